The molecule has 0 aliphatic heterocycles. The van der Waals surface area contributed by atoms with E-state index in [4.69, 9.17) is 17.3 Å². The van der Waals surface area contributed by atoms with Gasteiger partial charge in [-0.25, -0.2) is 0 Å². The number of hydrogen-bond acceptors (Lipinski definition) is 2. The minimum Gasteiger partial charge on any atom is -0.351 e. The van der Waals surface area contributed by atoms with Crippen LogP contribution in [0.1, 0.15) is 20.3 Å². The number of rotatable bonds is 6. The van der Waals surface area contributed by atoms with Crippen LogP contribution in [0.4, 0.5) is 0 Å². The molecule has 0 rings (SSSR count). The molecule has 0 aliphatic carbocycles. The Morgan fingerprint density at radius 3 is 2.50 bits per heavy atom. The molecule has 0 saturated carbocycles. The predicted molar refractivity (Wildman–Crippen MR) is 60.0 cm³/mol. The summed E-state index contributed by atoms with van der Waals surface area (Å²) in [4.78, 5) is 11.5. The van der Waals surface area contributed by atoms with E-state index in [9.17, 15) is 4.79 Å². The number of halogens is 1. The third-order valence-corrected chi connectivity index (χ3v) is 2.00. The molecule has 82 valence electrons. The van der Waals surface area contributed by atoms with E-state index in [2.05, 4.69) is 25.7 Å². The van der Waals surface area contributed by atoms with Crippen molar-refractivity contribution in [1.29, 1.82) is 0 Å². The van der Waals surface area contributed by atoms with E-state index in [1.165, 1.54) is 0 Å². The van der Waals surface area contributed by atoms with Crippen molar-refractivity contribution in [2.24, 2.45) is 17.6 Å². The van der Waals surface area contributed by atoms with Crippen molar-refractivity contribution in [2.45, 2.75) is 20.3 Å². The van der Waals surface area contributed by atoms with E-state index in [0.717, 1.165) is 6.42 Å². The molecule has 0 aliphatic rings. The van der Waals surface area contributed by atoms with Gasteiger partial charge in [-0.3, -0.25) is 4.79 Å². The number of carbonyl (C=O) groups is 1. The summed E-state index contributed by atoms with van der Waals surface area (Å²) in [5, 5.41) is 3.12. The van der Waals surface area contributed by atoms with Crippen LogP contribution in [0.25, 0.3) is 0 Å². The topological polar surface area (TPSA) is 55.1 Å². The zero-order valence-corrected chi connectivity index (χ0v) is 9.60. The minimum atomic E-state index is -0.119. The first-order chi connectivity index (χ1) is 6.47. The van der Waals surface area contributed by atoms with Gasteiger partial charge in [0.15, 0.2) is 0 Å². The number of hydrogen-bond donors (Lipinski definition) is 2. The van der Waals surface area contributed by atoms with Gasteiger partial charge in [-0.15, -0.1) is 0 Å². The lowest BCUT2D eigenvalue weighted by atomic mass is 9.96. The summed E-state index contributed by atoms with van der Waals surface area (Å²) in [5.74, 6) is 0.308. The van der Waals surface area contributed by atoms with Crippen molar-refractivity contribution < 1.29 is 4.79 Å². The number of nitrogens with one attached hydrogen (secondary N) is 1. The lowest BCUT2D eigenvalue weighted by Gasteiger charge is -2.16. The molecule has 0 aromatic carbocycles. The van der Waals surface area contributed by atoms with Crippen LogP contribution in [-0.2, 0) is 4.79 Å². The van der Waals surface area contributed by atoms with Crippen molar-refractivity contribution in [1.82, 2.24) is 5.32 Å². The Morgan fingerprint density at radius 2 is 2.14 bits per heavy atom. The average molecular weight is 219 g/mol. The van der Waals surface area contributed by atoms with Crippen molar-refractivity contribution in [3.8, 4) is 0 Å². The smallest absolute Gasteiger partial charge is 0.224 e. The van der Waals surface area contributed by atoms with Gasteiger partial charge in [0.25, 0.3) is 0 Å². The summed E-state index contributed by atoms with van der Waals surface area (Å²) < 4.78 is 0. The van der Waals surface area contributed by atoms with Gasteiger partial charge in [0.05, 0.1) is 12.5 Å². The number of carbonyl (C=O) groups excluding carboxylic acids is 1. The molecule has 0 aromatic heterocycles. The maximum atomic E-state index is 11.5. The standard InChI is InChI=1S/C10H19ClN2O/c1-7(2)4-9(5-12)10(14)13-6-8(3)11/h7,9H,3-6,12H2,1-2H3,(H,13,14). The molecule has 4 heteroatoms. The molecule has 0 spiro atoms. The highest BCUT2D eigenvalue weighted by Crippen LogP contribution is 2.10. The lowest BCUT2D eigenvalue weighted by Crippen LogP contribution is -2.36. The van der Waals surface area contributed by atoms with Crippen LogP contribution in [0.15, 0.2) is 11.6 Å². The van der Waals surface area contributed by atoms with Crippen LogP contribution in [0, 0.1) is 11.8 Å². The summed E-state index contributed by atoms with van der Waals surface area (Å²) in [7, 11) is 0. The molecule has 3 nitrogen and oxygen atoms in total. The Bertz CT molecular complexity index is 204. The quantitative estimate of drug-likeness (QED) is 0.710. The predicted octanol–water partition coefficient (Wildman–Crippen LogP) is 1.48. The van der Waals surface area contributed by atoms with Gasteiger partial charge in [-0.05, 0) is 12.3 Å². The molecule has 0 saturated heterocycles. The highest BCUT2D eigenvalue weighted by atomic mass is 35.5. The summed E-state index contributed by atoms with van der Waals surface area (Å²) >= 11 is 5.54. The van der Waals surface area contributed by atoms with Crippen molar-refractivity contribution in [3.05, 3.63) is 11.6 Å². The molecule has 3 N–H and O–H groups in total. The van der Waals surface area contributed by atoms with Gasteiger partial charge in [-0.2, -0.15) is 0 Å². The Morgan fingerprint density at radius 1 is 1.57 bits per heavy atom. The maximum Gasteiger partial charge on any atom is 0.224 e. The average Bonchev–Trinajstić information content (AvgIpc) is 2.09. The van der Waals surface area contributed by atoms with Crippen LogP contribution >= 0.6 is 11.6 Å². The van der Waals surface area contributed by atoms with Gasteiger partial charge in [0.1, 0.15) is 0 Å². The molecule has 14 heavy (non-hydrogen) atoms. The van der Waals surface area contributed by atoms with Crippen molar-refractivity contribution >= 4 is 17.5 Å². The first kappa shape index (κ1) is 13.5. The van der Waals surface area contributed by atoms with Crippen LogP contribution in [0.5, 0.6) is 0 Å². The fourth-order valence-electron chi connectivity index (χ4n) is 1.21. The second kappa shape index (κ2) is 6.85. The van der Waals surface area contributed by atoms with E-state index in [-0.39, 0.29) is 11.8 Å². The number of amides is 1. The summed E-state index contributed by atoms with van der Waals surface area (Å²) in [6, 6.07) is 0. The van der Waals surface area contributed by atoms with E-state index >= 15 is 0 Å². The molecule has 1 unspecified atom stereocenters. The Kier molecular flexibility index (Phi) is 6.58. The summed E-state index contributed by atoms with van der Waals surface area (Å²) in [5.41, 5.74) is 5.51. The molecule has 1 atom stereocenters. The largest absolute Gasteiger partial charge is 0.351 e. The second-order valence-electron chi connectivity index (χ2n) is 3.80. The van der Waals surface area contributed by atoms with E-state index in [1.807, 2.05) is 0 Å². The first-order valence-electron chi connectivity index (χ1n) is 4.78. The van der Waals surface area contributed by atoms with Gasteiger partial charge >= 0.3 is 0 Å². The molecule has 0 heterocycles. The highest BCUT2D eigenvalue weighted by molar-refractivity contribution is 6.29. The van der Waals surface area contributed by atoms with E-state index < -0.39 is 0 Å². The second-order valence-corrected chi connectivity index (χ2v) is 4.33. The first-order valence-corrected chi connectivity index (χ1v) is 5.16. The van der Waals surface area contributed by atoms with Gasteiger partial charge in [0, 0.05) is 11.6 Å². The van der Waals surface area contributed by atoms with Crippen LogP contribution < -0.4 is 11.1 Å². The molecular weight excluding hydrogens is 200 g/mol. The van der Waals surface area contributed by atoms with Crippen LogP contribution in [-0.4, -0.2) is 19.0 Å². The van der Waals surface area contributed by atoms with Crippen LogP contribution in [0.2, 0.25) is 0 Å². The highest BCUT2D eigenvalue weighted by Gasteiger charge is 2.17. The minimum absolute atomic E-state index is 0.0389. The van der Waals surface area contributed by atoms with Gasteiger partial charge in [0.2, 0.25) is 5.91 Å². The van der Waals surface area contributed by atoms with Crippen molar-refractivity contribution in [2.75, 3.05) is 13.1 Å². The van der Waals surface area contributed by atoms with Gasteiger partial charge in [-0.1, -0.05) is 32.0 Å². The zero-order valence-electron chi connectivity index (χ0n) is 8.85. The Labute approximate surface area is 90.7 Å². The van der Waals surface area contributed by atoms with Crippen molar-refractivity contribution in [3.63, 3.8) is 0 Å². The maximum absolute atomic E-state index is 11.5. The number of nitrogens with two attached hydrogens (primary N) is 1. The molecule has 0 aromatic rings. The molecule has 0 radical (unpaired) electrons. The third-order valence-electron chi connectivity index (χ3n) is 1.87. The van der Waals surface area contributed by atoms with E-state index in [0.29, 0.717) is 24.0 Å². The molecule has 0 fully saturated rings. The van der Waals surface area contributed by atoms with Gasteiger partial charge < -0.3 is 11.1 Å². The lowest BCUT2D eigenvalue weighted by molar-refractivity contribution is -0.124. The third kappa shape index (κ3) is 6.00. The zero-order chi connectivity index (χ0) is 11.1. The Balaban J connectivity index is 3.97. The molecule has 0 bridgehead atoms. The fourth-order valence-corrected chi connectivity index (χ4v) is 1.27. The fraction of sp³-hybridized carbons (Fsp3) is 0.700. The van der Waals surface area contributed by atoms with E-state index in [1.54, 1.807) is 0 Å². The summed E-state index contributed by atoms with van der Waals surface area (Å²) in [6.07, 6.45) is 0.803. The van der Waals surface area contributed by atoms with Crippen LogP contribution in [0.3, 0.4) is 0 Å². The monoisotopic (exact) mass is 218 g/mol. The summed E-state index contributed by atoms with van der Waals surface area (Å²) in [6.45, 7) is 8.31. The molecule has 1 amide bonds. The SMILES string of the molecule is C=C(Cl)CNC(=O)C(CN)CC(C)C. The Hall–Kier alpha value is -0.540. The normalized spacial score (nSPS) is 12.6. The molecular formula is C10H19ClN2O.